The summed E-state index contributed by atoms with van der Waals surface area (Å²) < 4.78 is 0. The SMILES string of the molecule is O=C(CO)N1CCN(c2ccc([N+](=O)[O-])cc2Cl)CC1. The molecule has 0 radical (unpaired) electrons. The van der Waals surface area contributed by atoms with Gasteiger partial charge in [-0.05, 0) is 6.07 Å². The average molecular weight is 300 g/mol. The number of piperazine rings is 1. The van der Waals surface area contributed by atoms with Gasteiger partial charge in [0.15, 0.2) is 0 Å². The topological polar surface area (TPSA) is 86.9 Å². The summed E-state index contributed by atoms with van der Waals surface area (Å²) in [7, 11) is 0. The molecular weight excluding hydrogens is 286 g/mol. The predicted molar refractivity (Wildman–Crippen MR) is 74.0 cm³/mol. The van der Waals surface area contributed by atoms with Crippen LogP contribution in [-0.2, 0) is 4.79 Å². The monoisotopic (exact) mass is 299 g/mol. The number of nitro benzene ring substituents is 1. The molecule has 1 fully saturated rings. The Hall–Kier alpha value is -1.86. The zero-order valence-electron chi connectivity index (χ0n) is 10.7. The standard InChI is InChI=1S/C12H14ClN3O4/c13-10-7-9(16(19)20)1-2-11(10)14-3-5-15(6-4-14)12(18)8-17/h1-2,7,17H,3-6,8H2. The van der Waals surface area contributed by atoms with Crippen LogP contribution in [0.5, 0.6) is 0 Å². The fraction of sp³-hybridized carbons (Fsp3) is 0.417. The first-order valence-electron chi connectivity index (χ1n) is 6.10. The van der Waals surface area contributed by atoms with Crippen molar-refractivity contribution in [1.82, 2.24) is 4.90 Å². The molecule has 1 heterocycles. The number of nitrogens with zero attached hydrogens (tertiary/aromatic N) is 3. The third kappa shape index (κ3) is 3.00. The largest absolute Gasteiger partial charge is 0.387 e. The lowest BCUT2D eigenvalue weighted by Crippen LogP contribution is -2.49. The third-order valence-electron chi connectivity index (χ3n) is 3.25. The molecular formula is C12H14ClN3O4. The second-order valence-electron chi connectivity index (χ2n) is 4.42. The smallest absolute Gasteiger partial charge is 0.271 e. The predicted octanol–water partition coefficient (Wildman–Crippen LogP) is 0.889. The second kappa shape index (κ2) is 6.06. The molecule has 0 aromatic heterocycles. The minimum absolute atomic E-state index is 0.0483. The van der Waals surface area contributed by atoms with E-state index in [2.05, 4.69) is 0 Å². The summed E-state index contributed by atoms with van der Waals surface area (Å²) >= 11 is 6.07. The van der Waals surface area contributed by atoms with Gasteiger partial charge in [-0.15, -0.1) is 0 Å². The van der Waals surface area contributed by atoms with Crippen LogP contribution in [0.4, 0.5) is 11.4 Å². The molecule has 1 aromatic carbocycles. The summed E-state index contributed by atoms with van der Waals surface area (Å²) in [5, 5.41) is 19.8. The molecule has 1 N–H and O–H groups in total. The van der Waals surface area contributed by atoms with Crippen LogP contribution in [0.25, 0.3) is 0 Å². The number of non-ortho nitro benzene ring substituents is 1. The summed E-state index contributed by atoms with van der Waals surface area (Å²) in [4.78, 5) is 25.1. The van der Waals surface area contributed by atoms with Gasteiger partial charge in [0, 0.05) is 38.3 Å². The number of benzene rings is 1. The molecule has 0 spiro atoms. The summed E-state index contributed by atoms with van der Waals surface area (Å²) in [6.07, 6.45) is 0. The minimum atomic E-state index is -0.493. The maximum atomic E-state index is 11.4. The van der Waals surface area contributed by atoms with Crippen molar-refractivity contribution in [2.24, 2.45) is 0 Å². The van der Waals surface area contributed by atoms with Crippen LogP contribution in [0.2, 0.25) is 5.02 Å². The Morgan fingerprint density at radius 3 is 2.50 bits per heavy atom. The number of nitro groups is 1. The molecule has 0 atom stereocenters. The highest BCUT2D eigenvalue weighted by atomic mass is 35.5. The van der Waals surface area contributed by atoms with Gasteiger partial charge in [-0.2, -0.15) is 0 Å². The summed E-state index contributed by atoms with van der Waals surface area (Å²) in [5.74, 6) is -0.292. The fourth-order valence-electron chi connectivity index (χ4n) is 2.16. The Kier molecular flexibility index (Phi) is 4.41. The quantitative estimate of drug-likeness (QED) is 0.661. The van der Waals surface area contributed by atoms with Crippen LogP contribution in [0, 0.1) is 10.1 Å². The molecule has 0 unspecified atom stereocenters. The number of anilines is 1. The molecule has 0 bridgehead atoms. The van der Waals surface area contributed by atoms with Crippen LogP contribution in [-0.4, -0.2) is 53.6 Å². The van der Waals surface area contributed by atoms with E-state index in [0.29, 0.717) is 36.9 Å². The maximum absolute atomic E-state index is 11.4. The van der Waals surface area contributed by atoms with Gasteiger partial charge >= 0.3 is 0 Å². The lowest BCUT2D eigenvalue weighted by atomic mass is 10.2. The Balaban J connectivity index is 2.07. The zero-order chi connectivity index (χ0) is 14.7. The van der Waals surface area contributed by atoms with E-state index in [1.54, 1.807) is 11.0 Å². The first-order chi connectivity index (χ1) is 9.52. The van der Waals surface area contributed by atoms with Crippen LogP contribution in [0.3, 0.4) is 0 Å². The van der Waals surface area contributed by atoms with Crippen molar-refractivity contribution in [3.63, 3.8) is 0 Å². The molecule has 1 aliphatic rings. The highest BCUT2D eigenvalue weighted by Crippen LogP contribution is 2.30. The third-order valence-corrected chi connectivity index (χ3v) is 3.55. The fourth-order valence-corrected chi connectivity index (χ4v) is 2.46. The van der Waals surface area contributed by atoms with E-state index in [-0.39, 0.29) is 11.6 Å². The lowest BCUT2D eigenvalue weighted by molar-refractivity contribution is -0.384. The van der Waals surface area contributed by atoms with E-state index in [9.17, 15) is 14.9 Å². The van der Waals surface area contributed by atoms with Crippen molar-refractivity contribution in [3.05, 3.63) is 33.3 Å². The zero-order valence-corrected chi connectivity index (χ0v) is 11.4. The van der Waals surface area contributed by atoms with E-state index >= 15 is 0 Å². The normalized spacial score (nSPS) is 15.3. The van der Waals surface area contributed by atoms with E-state index in [1.165, 1.54) is 12.1 Å². The van der Waals surface area contributed by atoms with Gasteiger partial charge < -0.3 is 14.9 Å². The molecule has 8 heteroatoms. The number of aliphatic hydroxyl groups excluding tert-OH is 1. The maximum Gasteiger partial charge on any atom is 0.271 e. The molecule has 7 nitrogen and oxygen atoms in total. The Morgan fingerprint density at radius 2 is 2.00 bits per heavy atom. The number of halogens is 1. The van der Waals surface area contributed by atoms with Crippen LogP contribution < -0.4 is 4.90 Å². The van der Waals surface area contributed by atoms with Gasteiger partial charge in [-0.1, -0.05) is 11.6 Å². The van der Waals surface area contributed by atoms with Crippen LogP contribution in [0.1, 0.15) is 0 Å². The molecule has 1 aromatic rings. The molecule has 1 saturated heterocycles. The minimum Gasteiger partial charge on any atom is -0.387 e. The molecule has 0 saturated carbocycles. The van der Waals surface area contributed by atoms with E-state index in [0.717, 1.165) is 0 Å². The van der Waals surface area contributed by atoms with E-state index in [4.69, 9.17) is 16.7 Å². The van der Waals surface area contributed by atoms with Crippen molar-refractivity contribution >= 4 is 28.9 Å². The number of carbonyl (C=O) groups is 1. The number of amides is 1. The van der Waals surface area contributed by atoms with Gasteiger partial charge in [0.2, 0.25) is 5.91 Å². The Labute approximate surface area is 120 Å². The molecule has 2 rings (SSSR count). The van der Waals surface area contributed by atoms with Gasteiger partial charge in [-0.25, -0.2) is 0 Å². The number of aliphatic hydroxyl groups is 1. The molecule has 20 heavy (non-hydrogen) atoms. The summed E-state index contributed by atoms with van der Waals surface area (Å²) in [5.41, 5.74) is 0.668. The highest BCUT2D eigenvalue weighted by molar-refractivity contribution is 6.33. The Bertz CT molecular complexity index is 529. The van der Waals surface area contributed by atoms with E-state index in [1.807, 2.05) is 4.90 Å². The van der Waals surface area contributed by atoms with Gasteiger partial charge in [0.1, 0.15) is 6.61 Å². The van der Waals surface area contributed by atoms with Crippen molar-refractivity contribution in [2.45, 2.75) is 0 Å². The second-order valence-corrected chi connectivity index (χ2v) is 4.83. The summed E-state index contributed by atoms with van der Waals surface area (Å²) in [6, 6.07) is 4.35. The van der Waals surface area contributed by atoms with Crippen molar-refractivity contribution < 1.29 is 14.8 Å². The van der Waals surface area contributed by atoms with Gasteiger partial charge in [0.25, 0.3) is 5.69 Å². The molecule has 108 valence electrons. The number of hydrogen-bond donors (Lipinski definition) is 1. The number of hydrogen-bond acceptors (Lipinski definition) is 5. The van der Waals surface area contributed by atoms with Crippen LogP contribution >= 0.6 is 11.6 Å². The highest BCUT2D eigenvalue weighted by Gasteiger charge is 2.22. The average Bonchev–Trinajstić information content (AvgIpc) is 2.46. The number of carbonyl (C=O) groups excluding carboxylic acids is 1. The number of rotatable bonds is 3. The first-order valence-corrected chi connectivity index (χ1v) is 6.48. The first kappa shape index (κ1) is 14.5. The molecule has 0 aliphatic carbocycles. The molecule has 1 amide bonds. The van der Waals surface area contributed by atoms with E-state index < -0.39 is 11.5 Å². The van der Waals surface area contributed by atoms with Crippen LogP contribution in [0.15, 0.2) is 18.2 Å². The lowest BCUT2D eigenvalue weighted by Gasteiger charge is -2.36. The molecule has 1 aliphatic heterocycles. The summed E-state index contributed by atoms with van der Waals surface area (Å²) in [6.45, 7) is 1.64. The van der Waals surface area contributed by atoms with Crippen molar-refractivity contribution in [2.75, 3.05) is 37.7 Å². The van der Waals surface area contributed by atoms with Gasteiger partial charge in [0.05, 0.1) is 15.6 Å². The van der Waals surface area contributed by atoms with Crippen molar-refractivity contribution in [1.29, 1.82) is 0 Å². The van der Waals surface area contributed by atoms with Crippen molar-refractivity contribution in [3.8, 4) is 0 Å². The Morgan fingerprint density at radius 1 is 1.35 bits per heavy atom. The van der Waals surface area contributed by atoms with Gasteiger partial charge in [-0.3, -0.25) is 14.9 Å².